The minimum Gasteiger partial charge on any atom is -0.383 e. The van der Waals surface area contributed by atoms with E-state index >= 15 is 0 Å². The summed E-state index contributed by atoms with van der Waals surface area (Å²) in [5.41, 5.74) is 8.37. The van der Waals surface area contributed by atoms with Crippen LogP contribution >= 0.6 is 0 Å². The van der Waals surface area contributed by atoms with E-state index in [0.29, 0.717) is 16.8 Å². The number of pyridine rings is 1. The molecule has 8 nitrogen and oxygen atoms in total. The molecular weight excluding hydrogens is 392 g/mol. The summed E-state index contributed by atoms with van der Waals surface area (Å²) >= 11 is 0. The summed E-state index contributed by atoms with van der Waals surface area (Å²) in [6.07, 6.45) is 1.57. The van der Waals surface area contributed by atoms with Gasteiger partial charge >= 0.3 is 0 Å². The molecule has 0 aliphatic rings. The Labute approximate surface area is 169 Å². The molecule has 0 radical (unpaired) electrons. The number of carbonyl (C=O) groups excluding carboxylic acids is 1. The van der Waals surface area contributed by atoms with Crippen LogP contribution in [-0.2, 0) is 4.79 Å². The minimum absolute atomic E-state index is 0.112. The second kappa shape index (κ2) is 7.66. The average Bonchev–Trinajstić information content (AvgIpc) is 3.20. The third-order valence-corrected chi connectivity index (χ3v) is 4.33. The highest BCUT2D eigenvalue weighted by Gasteiger charge is 2.19. The van der Waals surface area contributed by atoms with Gasteiger partial charge in [-0.15, -0.1) is 5.10 Å². The molecule has 0 aliphatic carbocycles. The Morgan fingerprint density at radius 2 is 1.87 bits per heavy atom. The topological polar surface area (TPSA) is 112 Å². The Kier molecular flexibility index (Phi) is 4.88. The maximum absolute atomic E-state index is 14.3. The highest BCUT2D eigenvalue weighted by atomic mass is 19.2. The largest absolute Gasteiger partial charge is 0.383 e. The number of tetrazole rings is 1. The maximum Gasteiger partial charge on any atom is 0.221 e. The molecule has 2 aromatic carbocycles. The fraction of sp³-hybridized carbons (Fsp3) is 0.0500. The van der Waals surface area contributed by atoms with Crippen LogP contribution in [0, 0.1) is 11.6 Å². The van der Waals surface area contributed by atoms with Crippen LogP contribution in [0.5, 0.6) is 0 Å². The van der Waals surface area contributed by atoms with Gasteiger partial charge in [0.15, 0.2) is 17.5 Å². The maximum atomic E-state index is 14.3. The molecule has 0 atom stereocenters. The number of benzene rings is 2. The number of rotatable bonds is 4. The van der Waals surface area contributed by atoms with E-state index in [1.54, 1.807) is 36.5 Å². The van der Waals surface area contributed by atoms with E-state index < -0.39 is 11.6 Å². The number of carbonyl (C=O) groups is 1. The van der Waals surface area contributed by atoms with Gasteiger partial charge in [-0.3, -0.25) is 4.79 Å². The van der Waals surface area contributed by atoms with Crippen molar-refractivity contribution in [3.05, 3.63) is 66.4 Å². The third kappa shape index (κ3) is 3.58. The first-order valence-corrected chi connectivity index (χ1v) is 8.80. The lowest BCUT2D eigenvalue weighted by molar-refractivity contribution is -0.114. The summed E-state index contributed by atoms with van der Waals surface area (Å²) in [5, 5.41) is 14.0. The van der Waals surface area contributed by atoms with Gasteiger partial charge in [0.25, 0.3) is 0 Å². The number of aromatic nitrogens is 5. The lowest BCUT2D eigenvalue weighted by atomic mass is 10.0. The Morgan fingerprint density at radius 3 is 2.60 bits per heavy atom. The number of hydrogen-bond acceptors (Lipinski definition) is 6. The Balaban J connectivity index is 1.76. The van der Waals surface area contributed by atoms with E-state index in [9.17, 15) is 13.6 Å². The molecule has 0 spiro atoms. The molecule has 0 saturated heterocycles. The highest BCUT2D eigenvalue weighted by molar-refractivity contribution is 5.89. The van der Waals surface area contributed by atoms with Crippen molar-refractivity contribution in [3.63, 3.8) is 0 Å². The third-order valence-electron chi connectivity index (χ3n) is 4.33. The van der Waals surface area contributed by atoms with Crippen LogP contribution < -0.4 is 11.1 Å². The molecular formula is C20H15F2N7O. The second-order valence-corrected chi connectivity index (χ2v) is 6.40. The van der Waals surface area contributed by atoms with E-state index in [1.807, 2.05) is 0 Å². The highest BCUT2D eigenvalue weighted by Crippen LogP contribution is 2.30. The normalized spacial score (nSPS) is 10.8. The summed E-state index contributed by atoms with van der Waals surface area (Å²) in [5.74, 6) is -2.03. The molecule has 2 heterocycles. The first-order chi connectivity index (χ1) is 14.4. The monoisotopic (exact) mass is 407 g/mol. The van der Waals surface area contributed by atoms with Gasteiger partial charge in [-0.2, -0.15) is 4.68 Å². The number of anilines is 2. The molecule has 0 unspecified atom stereocenters. The lowest BCUT2D eigenvalue weighted by Crippen LogP contribution is -2.06. The van der Waals surface area contributed by atoms with Crippen molar-refractivity contribution in [1.29, 1.82) is 0 Å². The number of nitrogens with one attached hydrogen (secondary N) is 1. The molecule has 0 aliphatic heterocycles. The van der Waals surface area contributed by atoms with Gasteiger partial charge in [-0.1, -0.05) is 18.2 Å². The van der Waals surface area contributed by atoms with Gasteiger partial charge in [-0.25, -0.2) is 13.8 Å². The van der Waals surface area contributed by atoms with Crippen LogP contribution in [0.1, 0.15) is 6.92 Å². The van der Waals surface area contributed by atoms with Crippen molar-refractivity contribution >= 4 is 17.4 Å². The lowest BCUT2D eigenvalue weighted by Gasteiger charge is -2.10. The second-order valence-electron chi connectivity index (χ2n) is 6.40. The minimum atomic E-state index is -1.08. The number of nitrogen functional groups attached to an aromatic ring is 1. The number of amides is 1. The molecule has 1 amide bonds. The molecule has 0 saturated carbocycles. The zero-order valence-electron chi connectivity index (χ0n) is 15.7. The van der Waals surface area contributed by atoms with Crippen molar-refractivity contribution in [2.75, 3.05) is 11.1 Å². The molecule has 3 N–H and O–H groups in total. The summed E-state index contributed by atoms with van der Waals surface area (Å²) in [6.45, 7) is 1.43. The van der Waals surface area contributed by atoms with Gasteiger partial charge in [0, 0.05) is 24.4 Å². The molecule has 10 heteroatoms. The van der Waals surface area contributed by atoms with Crippen molar-refractivity contribution in [2.24, 2.45) is 0 Å². The Bertz CT molecular complexity index is 1240. The van der Waals surface area contributed by atoms with E-state index in [2.05, 4.69) is 25.8 Å². The van der Waals surface area contributed by atoms with Crippen LogP contribution in [0.25, 0.3) is 28.2 Å². The first-order valence-electron chi connectivity index (χ1n) is 8.80. The summed E-state index contributed by atoms with van der Waals surface area (Å²) < 4.78 is 29.0. The number of nitrogens with two attached hydrogens (primary N) is 1. The van der Waals surface area contributed by atoms with Gasteiger partial charge in [0.05, 0.1) is 5.56 Å². The van der Waals surface area contributed by atoms with Crippen molar-refractivity contribution in [3.8, 4) is 28.2 Å². The Morgan fingerprint density at radius 1 is 1.10 bits per heavy atom. The quantitative estimate of drug-likeness (QED) is 0.537. The van der Waals surface area contributed by atoms with Crippen molar-refractivity contribution in [1.82, 2.24) is 25.2 Å². The van der Waals surface area contributed by atoms with Crippen molar-refractivity contribution in [2.45, 2.75) is 6.92 Å². The summed E-state index contributed by atoms with van der Waals surface area (Å²) in [4.78, 5) is 15.4. The molecule has 2 aromatic heterocycles. The smallest absolute Gasteiger partial charge is 0.221 e. The first kappa shape index (κ1) is 19.1. The number of hydrogen-bond donors (Lipinski definition) is 2. The van der Waals surface area contributed by atoms with Gasteiger partial charge < -0.3 is 11.1 Å². The molecule has 0 bridgehead atoms. The van der Waals surface area contributed by atoms with Gasteiger partial charge in [0.2, 0.25) is 5.91 Å². The van der Waals surface area contributed by atoms with Gasteiger partial charge in [0.1, 0.15) is 11.5 Å². The fourth-order valence-corrected chi connectivity index (χ4v) is 2.93. The van der Waals surface area contributed by atoms with E-state index in [4.69, 9.17) is 5.73 Å². The van der Waals surface area contributed by atoms with Gasteiger partial charge in [-0.05, 0) is 46.3 Å². The molecule has 30 heavy (non-hydrogen) atoms. The van der Waals surface area contributed by atoms with Crippen LogP contribution in [-0.4, -0.2) is 31.1 Å². The predicted molar refractivity (Wildman–Crippen MR) is 106 cm³/mol. The molecule has 150 valence electrons. The van der Waals surface area contributed by atoms with Crippen LogP contribution in [0.4, 0.5) is 20.3 Å². The molecule has 0 fully saturated rings. The summed E-state index contributed by atoms with van der Waals surface area (Å²) in [7, 11) is 0. The zero-order valence-corrected chi connectivity index (χ0v) is 15.7. The van der Waals surface area contributed by atoms with E-state index in [-0.39, 0.29) is 23.2 Å². The zero-order chi connectivity index (χ0) is 21.3. The molecule has 4 aromatic rings. The SMILES string of the molecule is CC(=O)Nc1ccc(-c2cnc(N)c(-c3nnnn3-c3cccc(F)c3F)c2)cc1. The van der Waals surface area contributed by atoms with E-state index in [1.165, 1.54) is 19.1 Å². The van der Waals surface area contributed by atoms with Crippen LogP contribution in [0.15, 0.2) is 54.7 Å². The fourth-order valence-electron chi connectivity index (χ4n) is 2.93. The van der Waals surface area contributed by atoms with Crippen molar-refractivity contribution < 1.29 is 13.6 Å². The van der Waals surface area contributed by atoms with Crippen LogP contribution in [0.2, 0.25) is 0 Å². The molecule has 4 rings (SSSR count). The number of halogens is 2. The standard InChI is InChI=1S/C20H15F2N7O/c1-11(30)25-14-7-5-12(6-8-14)13-9-15(19(23)24-10-13)20-26-27-28-29(20)17-4-2-3-16(21)18(17)22/h2-10H,1H3,(H2,23,24)(H,25,30). The average molecular weight is 407 g/mol. The van der Waals surface area contributed by atoms with E-state index in [0.717, 1.165) is 16.3 Å². The number of nitrogens with zero attached hydrogens (tertiary/aromatic N) is 5. The van der Waals surface area contributed by atoms with Crippen LogP contribution in [0.3, 0.4) is 0 Å². The predicted octanol–water partition coefficient (Wildman–Crippen LogP) is 3.21. The summed E-state index contributed by atoms with van der Waals surface area (Å²) in [6, 6.07) is 12.5. The Hall–Kier alpha value is -4.21.